The molecule has 3 nitrogen and oxygen atoms in total. The normalized spacial score (nSPS) is 19.6. The summed E-state index contributed by atoms with van der Waals surface area (Å²) in [6, 6.07) is 7.08. The SMILES string of the molecule is COCCNCc1ccc(N2CCCCCC2C)cc1Cl. The fourth-order valence-electron chi connectivity index (χ4n) is 2.91. The summed E-state index contributed by atoms with van der Waals surface area (Å²) in [5.41, 5.74) is 2.41. The van der Waals surface area contributed by atoms with Gasteiger partial charge in [-0.2, -0.15) is 0 Å². The van der Waals surface area contributed by atoms with Crippen LogP contribution in [0.5, 0.6) is 0 Å². The van der Waals surface area contributed by atoms with Crippen molar-refractivity contribution in [3.8, 4) is 0 Å². The summed E-state index contributed by atoms with van der Waals surface area (Å²) in [6.07, 6.45) is 5.24. The van der Waals surface area contributed by atoms with Crippen LogP contribution in [0.15, 0.2) is 18.2 Å². The summed E-state index contributed by atoms with van der Waals surface area (Å²) in [7, 11) is 1.71. The Morgan fingerprint density at radius 3 is 2.95 bits per heavy atom. The van der Waals surface area contributed by atoms with Gasteiger partial charge in [0.1, 0.15) is 0 Å². The highest BCUT2D eigenvalue weighted by Gasteiger charge is 2.17. The Morgan fingerprint density at radius 2 is 2.19 bits per heavy atom. The first-order valence-electron chi connectivity index (χ1n) is 7.97. The van der Waals surface area contributed by atoms with E-state index in [0.29, 0.717) is 6.04 Å². The summed E-state index contributed by atoms with van der Waals surface area (Å²) < 4.78 is 5.03. The number of methoxy groups -OCH3 is 1. The van der Waals surface area contributed by atoms with Crippen molar-refractivity contribution in [3.63, 3.8) is 0 Å². The highest BCUT2D eigenvalue weighted by molar-refractivity contribution is 6.31. The van der Waals surface area contributed by atoms with E-state index in [0.717, 1.165) is 36.8 Å². The number of hydrogen-bond donors (Lipinski definition) is 1. The van der Waals surface area contributed by atoms with Crippen molar-refractivity contribution in [2.24, 2.45) is 0 Å². The van der Waals surface area contributed by atoms with Crippen molar-refractivity contribution in [2.75, 3.05) is 31.7 Å². The first-order valence-corrected chi connectivity index (χ1v) is 8.35. The Hall–Kier alpha value is -0.770. The van der Waals surface area contributed by atoms with E-state index >= 15 is 0 Å². The third-order valence-electron chi connectivity index (χ3n) is 4.22. The second-order valence-electron chi connectivity index (χ2n) is 5.84. The number of halogens is 1. The molecule has 1 saturated heterocycles. The molecular formula is C17H27ClN2O. The van der Waals surface area contributed by atoms with Crippen LogP contribution in [0.4, 0.5) is 5.69 Å². The topological polar surface area (TPSA) is 24.5 Å². The largest absolute Gasteiger partial charge is 0.383 e. The average Bonchev–Trinajstić information content (AvgIpc) is 2.69. The molecule has 1 heterocycles. The fraction of sp³-hybridized carbons (Fsp3) is 0.647. The molecule has 1 atom stereocenters. The smallest absolute Gasteiger partial charge is 0.0587 e. The number of ether oxygens (including phenoxy) is 1. The minimum atomic E-state index is 0.606. The maximum absolute atomic E-state index is 6.45. The molecule has 1 aromatic rings. The lowest BCUT2D eigenvalue weighted by atomic mass is 10.1. The molecule has 4 heteroatoms. The summed E-state index contributed by atoms with van der Waals surface area (Å²) in [5, 5.41) is 4.19. The summed E-state index contributed by atoms with van der Waals surface area (Å²) in [6.45, 7) is 5.82. The standard InChI is InChI=1S/C17H27ClN2O/c1-14-6-4-3-5-10-20(14)16-8-7-15(17(18)12-16)13-19-9-11-21-2/h7-8,12,14,19H,3-6,9-11,13H2,1-2H3. The molecule has 0 aliphatic carbocycles. The van der Waals surface area contributed by atoms with E-state index < -0.39 is 0 Å². The van der Waals surface area contributed by atoms with Crippen LogP contribution >= 0.6 is 11.6 Å². The van der Waals surface area contributed by atoms with Gasteiger partial charge in [0.15, 0.2) is 0 Å². The average molecular weight is 311 g/mol. The quantitative estimate of drug-likeness (QED) is 0.808. The van der Waals surface area contributed by atoms with E-state index in [1.54, 1.807) is 7.11 Å². The van der Waals surface area contributed by atoms with Crippen LogP contribution in [0.25, 0.3) is 0 Å². The van der Waals surface area contributed by atoms with Gasteiger partial charge in [-0.1, -0.05) is 30.5 Å². The van der Waals surface area contributed by atoms with Gasteiger partial charge in [0, 0.05) is 43.5 Å². The molecular weight excluding hydrogens is 284 g/mol. The first kappa shape index (κ1) is 16.6. The van der Waals surface area contributed by atoms with Gasteiger partial charge >= 0.3 is 0 Å². The second kappa shape index (κ2) is 8.62. The molecule has 1 unspecified atom stereocenters. The molecule has 0 aromatic heterocycles. The maximum atomic E-state index is 6.45. The number of rotatable bonds is 6. The molecule has 21 heavy (non-hydrogen) atoms. The molecule has 0 radical (unpaired) electrons. The lowest BCUT2D eigenvalue weighted by molar-refractivity contribution is 0.199. The van der Waals surface area contributed by atoms with Gasteiger partial charge in [0.2, 0.25) is 0 Å². The highest BCUT2D eigenvalue weighted by atomic mass is 35.5. The fourth-order valence-corrected chi connectivity index (χ4v) is 3.16. The Morgan fingerprint density at radius 1 is 1.33 bits per heavy atom. The predicted octanol–water partition coefficient (Wildman–Crippen LogP) is 3.84. The van der Waals surface area contributed by atoms with Gasteiger partial charge < -0.3 is 15.0 Å². The minimum Gasteiger partial charge on any atom is -0.383 e. The van der Waals surface area contributed by atoms with Crippen molar-refractivity contribution in [3.05, 3.63) is 28.8 Å². The number of anilines is 1. The van der Waals surface area contributed by atoms with Gasteiger partial charge in [0.25, 0.3) is 0 Å². The maximum Gasteiger partial charge on any atom is 0.0587 e. The van der Waals surface area contributed by atoms with E-state index in [1.807, 2.05) is 0 Å². The van der Waals surface area contributed by atoms with Gasteiger partial charge in [-0.25, -0.2) is 0 Å². The van der Waals surface area contributed by atoms with Crippen LogP contribution in [-0.2, 0) is 11.3 Å². The number of hydrogen-bond acceptors (Lipinski definition) is 3. The zero-order chi connectivity index (χ0) is 15.1. The molecule has 1 aliphatic heterocycles. The third kappa shape index (κ3) is 4.87. The van der Waals surface area contributed by atoms with Crippen LogP contribution in [-0.4, -0.2) is 32.8 Å². The van der Waals surface area contributed by atoms with Crippen LogP contribution in [0.2, 0.25) is 5.02 Å². The van der Waals surface area contributed by atoms with E-state index in [-0.39, 0.29) is 0 Å². The first-order chi connectivity index (χ1) is 10.2. The van der Waals surface area contributed by atoms with E-state index in [1.165, 1.54) is 31.4 Å². The second-order valence-corrected chi connectivity index (χ2v) is 6.24. The molecule has 0 spiro atoms. The van der Waals surface area contributed by atoms with Gasteiger partial charge in [0.05, 0.1) is 6.61 Å². The zero-order valence-electron chi connectivity index (χ0n) is 13.2. The molecule has 1 aliphatic rings. The molecule has 118 valence electrons. The Kier molecular flexibility index (Phi) is 6.81. The van der Waals surface area contributed by atoms with Gasteiger partial charge in [-0.3, -0.25) is 0 Å². The van der Waals surface area contributed by atoms with Crippen LogP contribution in [0, 0.1) is 0 Å². The van der Waals surface area contributed by atoms with E-state index in [9.17, 15) is 0 Å². The summed E-state index contributed by atoms with van der Waals surface area (Å²) >= 11 is 6.45. The summed E-state index contributed by atoms with van der Waals surface area (Å²) in [5.74, 6) is 0. The van der Waals surface area contributed by atoms with Crippen molar-refractivity contribution in [1.29, 1.82) is 0 Å². The Labute approximate surface area is 133 Å². The molecule has 2 rings (SSSR count). The van der Waals surface area contributed by atoms with Gasteiger partial charge in [-0.15, -0.1) is 0 Å². The lowest BCUT2D eigenvalue weighted by Crippen LogP contribution is -2.32. The van der Waals surface area contributed by atoms with Crippen molar-refractivity contribution >= 4 is 17.3 Å². The van der Waals surface area contributed by atoms with Crippen molar-refractivity contribution in [1.82, 2.24) is 5.32 Å². The lowest BCUT2D eigenvalue weighted by Gasteiger charge is -2.30. The third-order valence-corrected chi connectivity index (χ3v) is 4.57. The number of nitrogens with zero attached hydrogens (tertiary/aromatic N) is 1. The van der Waals surface area contributed by atoms with Gasteiger partial charge in [-0.05, 0) is 37.5 Å². The van der Waals surface area contributed by atoms with Crippen molar-refractivity contribution in [2.45, 2.75) is 45.2 Å². The molecule has 1 aromatic carbocycles. The Balaban J connectivity index is 2.00. The molecule has 1 N–H and O–H groups in total. The summed E-state index contributed by atoms with van der Waals surface area (Å²) in [4.78, 5) is 2.50. The van der Waals surface area contributed by atoms with Crippen molar-refractivity contribution < 1.29 is 4.74 Å². The molecule has 1 fully saturated rings. The Bertz CT molecular complexity index is 439. The molecule has 0 bridgehead atoms. The van der Waals surface area contributed by atoms with Crippen LogP contribution < -0.4 is 10.2 Å². The zero-order valence-corrected chi connectivity index (χ0v) is 14.0. The highest BCUT2D eigenvalue weighted by Crippen LogP contribution is 2.28. The molecule has 0 saturated carbocycles. The monoisotopic (exact) mass is 310 g/mol. The number of nitrogens with one attached hydrogen (secondary N) is 1. The van der Waals surface area contributed by atoms with E-state index in [2.05, 4.69) is 35.3 Å². The number of benzene rings is 1. The van der Waals surface area contributed by atoms with Crippen LogP contribution in [0.1, 0.15) is 38.2 Å². The predicted molar refractivity (Wildman–Crippen MR) is 90.3 cm³/mol. The minimum absolute atomic E-state index is 0.606. The van der Waals surface area contributed by atoms with E-state index in [4.69, 9.17) is 16.3 Å². The molecule has 0 amide bonds. The van der Waals surface area contributed by atoms with Crippen LogP contribution in [0.3, 0.4) is 0 Å².